The lowest BCUT2D eigenvalue weighted by atomic mass is 9.68. The zero-order valence-corrected chi connectivity index (χ0v) is 12.4. The Morgan fingerprint density at radius 1 is 1.00 bits per heavy atom. The van der Waals surface area contributed by atoms with Gasteiger partial charge in [-0.15, -0.1) is 0 Å². The molecular formula is C16H30N2O. The van der Waals surface area contributed by atoms with E-state index in [1.165, 1.54) is 51.4 Å². The molecule has 3 heteroatoms. The van der Waals surface area contributed by atoms with E-state index in [2.05, 4.69) is 12.3 Å². The minimum Gasteiger partial charge on any atom is -0.294 e. The maximum Gasteiger partial charge on any atom is 0.236 e. The fraction of sp³-hybridized carbons (Fsp3) is 0.938. The first-order chi connectivity index (χ1) is 9.24. The van der Waals surface area contributed by atoms with Crippen molar-refractivity contribution in [3.63, 3.8) is 0 Å². The molecule has 0 unspecified atom stereocenters. The lowest BCUT2D eigenvalue weighted by Crippen LogP contribution is -2.38. The van der Waals surface area contributed by atoms with Gasteiger partial charge in [-0.25, -0.2) is 5.84 Å². The fourth-order valence-corrected chi connectivity index (χ4v) is 4.33. The second kappa shape index (κ2) is 7.28. The molecule has 3 N–H and O–H groups in total. The van der Waals surface area contributed by atoms with Crippen LogP contribution in [0.2, 0.25) is 0 Å². The second-order valence-corrected chi connectivity index (χ2v) is 6.69. The van der Waals surface area contributed by atoms with Gasteiger partial charge in [0.25, 0.3) is 0 Å². The summed E-state index contributed by atoms with van der Waals surface area (Å²) in [5.74, 6) is 8.27. The average Bonchev–Trinajstić information content (AvgIpc) is 2.48. The minimum absolute atomic E-state index is 0.0464. The van der Waals surface area contributed by atoms with E-state index in [-0.39, 0.29) is 11.8 Å². The Bertz CT molecular complexity index is 276. The topological polar surface area (TPSA) is 55.1 Å². The van der Waals surface area contributed by atoms with Crippen LogP contribution in [0, 0.1) is 23.7 Å². The van der Waals surface area contributed by atoms with Crippen LogP contribution >= 0.6 is 0 Å². The first-order valence-corrected chi connectivity index (χ1v) is 8.25. The third-order valence-electron chi connectivity index (χ3n) is 5.54. The summed E-state index contributed by atoms with van der Waals surface area (Å²) in [4.78, 5) is 11.5. The van der Waals surface area contributed by atoms with Crippen LogP contribution in [-0.4, -0.2) is 5.91 Å². The highest BCUT2D eigenvalue weighted by Crippen LogP contribution is 2.42. The normalized spacial score (nSPS) is 35.9. The SMILES string of the molecule is CCCC1CCC(C2CCC(C(=O)NN)CC2)CC1. The fourth-order valence-electron chi connectivity index (χ4n) is 4.33. The van der Waals surface area contributed by atoms with Crippen molar-refractivity contribution >= 4 is 5.91 Å². The smallest absolute Gasteiger partial charge is 0.236 e. The highest BCUT2D eigenvalue weighted by atomic mass is 16.2. The van der Waals surface area contributed by atoms with E-state index in [9.17, 15) is 4.79 Å². The summed E-state index contributed by atoms with van der Waals surface area (Å²) in [7, 11) is 0. The van der Waals surface area contributed by atoms with Gasteiger partial charge in [0, 0.05) is 5.92 Å². The molecule has 0 aromatic heterocycles. The van der Waals surface area contributed by atoms with Crippen LogP contribution < -0.4 is 11.3 Å². The summed E-state index contributed by atoms with van der Waals surface area (Å²) in [6, 6.07) is 0. The van der Waals surface area contributed by atoms with Crippen molar-refractivity contribution in [2.45, 2.75) is 71.1 Å². The number of carbonyl (C=O) groups is 1. The monoisotopic (exact) mass is 266 g/mol. The molecule has 2 rings (SSSR count). The molecule has 2 aliphatic carbocycles. The van der Waals surface area contributed by atoms with Gasteiger partial charge in [0.05, 0.1) is 0 Å². The van der Waals surface area contributed by atoms with Crippen LogP contribution in [0.5, 0.6) is 0 Å². The van der Waals surface area contributed by atoms with Gasteiger partial charge in [0.2, 0.25) is 5.91 Å². The molecule has 0 radical (unpaired) electrons. The van der Waals surface area contributed by atoms with E-state index in [0.717, 1.165) is 30.6 Å². The van der Waals surface area contributed by atoms with Crippen LogP contribution in [0.25, 0.3) is 0 Å². The van der Waals surface area contributed by atoms with Gasteiger partial charge >= 0.3 is 0 Å². The zero-order chi connectivity index (χ0) is 13.7. The van der Waals surface area contributed by atoms with E-state index < -0.39 is 0 Å². The van der Waals surface area contributed by atoms with Gasteiger partial charge in [0.15, 0.2) is 0 Å². The minimum atomic E-state index is 0.0464. The number of hydrazine groups is 1. The maximum absolute atomic E-state index is 11.5. The molecule has 0 saturated heterocycles. The summed E-state index contributed by atoms with van der Waals surface area (Å²) in [6.07, 6.45) is 13.1. The number of nitrogens with one attached hydrogen (secondary N) is 1. The third-order valence-corrected chi connectivity index (χ3v) is 5.54. The molecule has 2 fully saturated rings. The average molecular weight is 266 g/mol. The van der Waals surface area contributed by atoms with E-state index in [1.54, 1.807) is 0 Å². The second-order valence-electron chi connectivity index (χ2n) is 6.69. The maximum atomic E-state index is 11.5. The molecule has 0 spiro atoms. The molecule has 0 aromatic rings. The highest BCUT2D eigenvalue weighted by molar-refractivity contribution is 5.77. The summed E-state index contributed by atoms with van der Waals surface area (Å²) < 4.78 is 0. The summed E-state index contributed by atoms with van der Waals surface area (Å²) >= 11 is 0. The first kappa shape index (κ1) is 14.8. The summed E-state index contributed by atoms with van der Waals surface area (Å²) in [5, 5.41) is 0. The molecule has 110 valence electrons. The van der Waals surface area contributed by atoms with Gasteiger partial charge in [0.1, 0.15) is 0 Å². The number of amides is 1. The first-order valence-electron chi connectivity index (χ1n) is 8.25. The molecule has 2 saturated carbocycles. The van der Waals surface area contributed by atoms with Crippen molar-refractivity contribution in [1.82, 2.24) is 5.43 Å². The van der Waals surface area contributed by atoms with E-state index >= 15 is 0 Å². The predicted octanol–water partition coefficient (Wildman–Crippen LogP) is 3.39. The molecule has 0 bridgehead atoms. The lowest BCUT2D eigenvalue weighted by molar-refractivity contribution is -0.126. The van der Waals surface area contributed by atoms with Crippen molar-refractivity contribution in [2.24, 2.45) is 29.5 Å². The van der Waals surface area contributed by atoms with Gasteiger partial charge in [-0.2, -0.15) is 0 Å². The van der Waals surface area contributed by atoms with Crippen molar-refractivity contribution in [3.8, 4) is 0 Å². The Hall–Kier alpha value is -0.570. The molecule has 3 nitrogen and oxygen atoms in total. The molecule has 0 atom stereocenters. The largest absolute Gasteiger partial charge is 0.294 e. The molecular weight excluding hydrogens is 236 g/mol. The van der Waals surface area contributed by atoms with E-state index in [4.69, 9.17) is 5.84 Å². The van der Waals surface area contributed by atoms with Crippen molar-refractivity contribution in [3.05, 3.63) is 0 Å². The molecule has 0 aliphatic heterocycles. The van der Waals surface area contributed by atoms with Gasteiger partial charge in [-0.3, -0.25) is 10.2 Å². The summed E-state index contributed by atoms with van der Waals surface area (Å²) in [5.41, 5.74) is 2.31. The third kappa shape index (κ3) is 3.95. The molecule has 1 amide bonds. The van der Waals surface area contributed by atoms with Crippen molar-refractivity contribution in [2.75, 3.05) is 0 Å². The Balaban J connectivity index is 1.72. The Kier molecular flexibility index (Phi) is 5.68. The number of nitrogens with two attached hydrogens (primary N) is 1. The van der Waals surface area contributed by atoms with Gasteiger partial charge in [-0.1, -0.05) is 32.6 Å². The number of rotatable bonds is 4. The number of hydrogen-bond acceptors (Lipinski definition) is 2. The lowest BCUT2D eigenvalue weighted by Gasteiger charge is -2.37. The standard InChI is InChI=1S/C16H30N2O/c1-2-3-12-4-6-13(7-5-12)14-8-10-15(11-9-14)16(19)18-17/h12-15H,2-11,17H2,1H3,(H,18,19). The number of carbonyl (C=O) groups excluding carboxylic acids is 1. The van der Waals surface area contributed by atoms with Crippen molar-refractivity contribution in [1.29, 1.82) is 0 Å². The van der Waals surface area contributed by atoms with E-state index in [0.29, 0.717) is 0 Å². The zero-order valence-electron chi connectivity index (χ0n) is 12.4. The predicted molar refractivity (Wildman–Crippen MR) is 78.1 cm³/mol. The van der Waals surface area contributed by atoms with Crippen LogP contribution in [0.3, 0.4) is 0 Å². The Labute approximate surface area is 117 Å². The van der Waals surface area contributed by atoms with Gasteiger partial charge in [-0.05, 0) is 56.3 Å². The Morgan fingerprint density at radius 2 is 1.53 bits per heavy atom. The molecule has 19 heavy (non-hydrogen) atoms. The van der Waals surface area contributed by atoms with Crippen LogP contribution in [0.1, 0.15) is 71.1 Å². The summed E-state index contributed by atoms with van der Waals surface area (Å²) in [6.45, 7) is 2.30. The van der Waals surface area contributed by atoms with Crippen LogP contribution in [0.15, 0.2) is 0 Å². The quantitative estimate of drug-likeness (QED) is 0.465. The number of hydrogen-bond donors (Lipinski definition) is 2. The van der Waals surface area contributed by atoms with Crippen LogP contribution in [0.4, 0.5) is 0 Å². The molecule has 0 aromatic carbocycles. The molecule has 0 heterocycles. The van der Waals surface area contributed by atoms with Crippen molar-refractivity contribution < 1.29 is 4.79 Å². The van der Waals surface area contributed by atoms with Crippen LogP contribution in [-0.2, 0) is 4.79 Å². The Morgan fingerprint density at radius 3 is 2.00 bits per heavy atom. The highest BCUT2D eigenvalue weighted by Gasteiger charge is 2.32. The molecule has 2 aliphatic rings. The van der Waals surface area contributed by atoms with Gasteiger partial charge < -0.3 is 0 Å². The van der Waals surface area contributed by atoms with E-state index in [1.807, 2.05) is 0 Å².